The van der Waals surface area contributed by atoms with Gasteiger partial charge in [-0.3, -0.25) is 4.57 Å². The number of imidazole rings is 1. The highest BCUT2D eigenvalue weighted by Crippen LogP contribution is 2.30. The lowest BCUT2D eigenvalue weighted by Crippen LogP contribution is -2.03. The first-order chi connectivity index (χ1) is 9.97. The molecule has 0 aliphatic heterocycles. The first kappa shape index (κ1) is 14.5. The van der Waals surface area contributed by atoms with Crippen molar-refractivity contribution >= 4 is 38.6 Å². The number of nitrogens with zero attached hydrogens (tertiary/aromatic N) is 2. The molecule has 0 bridgehead atoms. The summed E-state index contributed by atoms with van der Waals surface area (Å²) in [6.45, 7) is 1.79. The van der Waals surface area contributed by atoms with Gasteiger partial charge in [-0.2, -0.15) is 0 Å². The van der Waals surface area contributed by atoms with Gasteiger partial charge in [0.2, 0.25) is 0 Å². The molecule has 0 aliphatic carbocycles. The molecule has 0 N–H and O–H groups in total. The summed E-state index contributed by atoms with van der Waals surface area (Å²) in [5.74, 6) is -1.21. The third kappa shape index (κ3) is 2.56. The highest BCUT2D eigenvalue weighted by Gasteiger charge is 2.17. The summed E-state index contributed by atoms with van der Waals surface area (Å²) in [5.41, 5.74) is 2.00. The maximum atomic E-state index is 13.5. The molecule has 3 rings (SSSR count). The lowest BCUT2D eigenvalue weighted by molar-refractivity contribution is 0.508. The monoisotopic (exact) mass is 370 g/mol. The van der Waals surface area contributed by atoms with E-state index >= 15 is 0 Å². The molecule has 0 radical (unpaired) electrons. The maximum Gasteiger partial charge on any atom is 0.160 e. The Morgan fingerprint density at radius 2 is 1.90 bits per heavy atom. The molecule has 1 unspecified atom stereocenters. The molecule has 3 aromatic rings. The quantitative estimate of drug-likeness (QED) is 0.554. The van der Waals surface area contributed by atoms with Crippen molar-refractivity contribution in [1.29, 1.82) is 0 Å². The van der Waals surface area contributed by atoms with Crippen LogP contribution >= 0.6 is 27.5 Å². The normalized spacial score (nSPS) is 12.8. The summed E-state index contributed by atoms with van der Waals surface area (Å²) < 4.78 is 29.3. The van der Waals surface area contributed by atoms with Gasteiger partial charge >= 0.3 is 0 Å². The van der Waals surface area contributed by atoms with Crippen molar-refractivity contribution in [2.75, 3.05) is 0 Å². The Labute approximate surface area is 133 Å². The Morgan fingerprint density at radius 3 is 2.57 bits per heavy atom. The molecule has 108 valence electrons. The Morgan fingerprint density at radius 1 is 1.14 bits per heavy atom. The van der Waals surface area contributed by atoms with Gasteiger partial charge in [0.25, 0.3) is 0 Å². The maximum absolute atomic E-state index is 13.5. The van der Waals surface area contributed by atoms with Crippen LogP contribution < -0.4 is 0 Å². The Kier molecular flexibility index (Phi) is 3.71. The number of fused-ring (bicyclic) bond motifs is 1. The summed E-state index contributed by atoms with van der Waals surface area (Å²) in [7, 11) is 0. The van der Waals surface area contributed by atoms with Crippen LogP contribution in [0.4, 0.5) is 8.78 Å². The lowest BCUT2D eigenvalue weighted by atomic mass is 10.2. The van der Waals surface area contributed by atoms with Crippen LogP contribution in [0.1, 0.15) is 18.1 Å². The van der Waals surface area contributed by atoms with E-state index < -0.39 is 11.6 Å². The fraction of sp³-hybridized carbons (Fsp3) is 0.133. The second-order valence-corrected chi connectivity index (χ2v) is 6.22. The molecule has 0 saturated heterocycles. The van der Waals surface area contributed by atoms with Gasteiger partial charge in [-0.15, -0.1) is 11.6 Å². The predicted octanol–water partition coefficient (Wildman–Crippen LogP) is 5.37. The van der Waals surface area contributed by atoms with Crippen LogP contribution in [0.2, 0.25) is 0 Å². The SMILES string of the molecule is CC(Cl)c1nc2ccc(Br)cc2n1-c1ccc(F)c(F)c1. The molecule has 1 heterocycles. The van der Waals surface area contributed by atoms with Gasteiger partial charge in [0.05, 0.1) is 22.1 Å². The van der Waals surface area contributed by atoms with Crippen LogP contribution in [0.5, 0.6) is 0 Å². The van der Waals surface area contributed by atoms with Gasteiger partial charge < -0.3 is 0 Å². The summed E-state index contributed by atoms with van der Waals surface area (Å²) in [6.07, 6.45) is 0. The summed E-state index contributed by atoms with van der Waals surface area (Å²) in [5, 5.41) is -0.371. The average molecular weight is 372 g/mol. The van der Waals surface area contributed by atoms with E-state index in [1.54, 1.807) is 11.5 Å². The molecule has 6 heteroatoms. The van der Waals surface area contributed by atoms with Gasteiger partial charge in [-0.1, -0.05) is 15.9 Å². The number of halogens is 4. The van der Waals surface area contributed by atoms with Crippen molar-refractivity contribution in [3.05, 3.63) is 58.3 Å². The van der Waals surface area contributed by atoms with Crippen LogP contribution in [-0.4, -0.2) is 9.55 Å². The smallest absolute Gasteiger partial charge is 0.160 e. The van der Waals surface area contributed by atoms with Crippen molar-refractivity contribution in [3.8, 4) is 5.69 Å². The standard InChI is InChI=1S/C15H10BrClF2N2/c1-8(17)15-20-13-5-2-9(16)6-14(13)21(15)10-3-4-11(18)12(19)7-10/h2-8H,1H3. The molecule has 2 nitrogen and oxygen atoms in total. The second-order valence-electron chi connectivity index (χ2n) is 4.65. The van der Waals surface area contributed by atoms with E-state index in [0.717, 1.165) is 27.6 Å². The van der Waals surface area contributed by atoms with Crippen molar-refractivity contribution in [1.82, 2.24) is 9.55 Å². The van der Waals surface area contributed by atoms with Crippen molar-refractivity contribution < 1.29 is 8.78 Å². The van der Waals surface area contributed by atoms with E-state index in [1.165, 1.54) is 6.07 Å². The van der Waals surface area contributed by atoms with Crippen LogP contribution in [0.3, 0.4) is 0 Å². The molecule has 1 atom stereocenters. The zero-order valence-corrected chi connectivity index (χ0v) is 13.3. The van der Waals surface area contributed by atoms with Gasteiger partial charge in [-0.25, -0.2) is 13.8 Å². The minimum absolute atomic E-state index is 0.371. The summed E-state index contributed by atoms with van der Waals surface area (Å²) in [4.78, 5) is 4.48. The minimum Gasteiger partial charge on any atom is -0.295 e. The third-order valence-electron chi connectivity index (χ3n) is 3.16. The van der Waals surface area contributed by atoms with E-state index in [1.807, 2.05) is 18.2 Å². The van der Waals surface area contributed by atoms with Crippen LogP contribution in [0.25, 0.3) is 16.7 Å². The molecule has 1 aromatic heterocycles. The van der Waals surface area contributed by atoms with Crippen molar-refractivity contribution in [2.24, 2.45) is 0 Å². The van der Waals surface area contributed by atoms with E-state index in [9.17, 15) is 8.78 Å². The number of alkyl halides is 1. The second kappa shape index (κ2) is 5.39. The molecule has 0 amide bonds. The number of rotatable bonds is 2. The summed E-state index contributed by atoms with van der Waals surface area (Å²) in [6, 6.07) is 9.32. The van der Waals surface area contributed by atoms with Crippen molar-refractivity contribution in [3.63, 3.8) is 0 Å². The molecular formula is C15H10BrClF2N2. The van der Waals surface area contributed by atoms with Gasteiger partial charge in [0.15, 0.2) is 11.6 Å². The number of hydrogen-bond donors (Lipinski definition) is 0. The largest absolute Gasteiger partial charge is 0.295 e. The average Bonchev–Trinajstić information content (AvgIpc) is 2.80. The fourth-order valence-corrected chi connectivity index (χ4v) is 2.72. The van der Waals surface area contributed by atoms with E-state index in [-0.39, 0.29) is 5.38 Å². The van der Waals surface area contributed by atoms with Gasteiger partial charge in [-0.05, 0) is 37.3 Å². The number of hydrogen-bond acceptors (Lipinski definition) is 1. The number of aromatic nitrogens is 2. The molecular weight excluding hydrogens is 362 g/mol. The summed E-state index contributed by atoms with van der Waals surface area (Å²) >= 11 is 9.58. The number of benzene rings is 2. The van der Waals surface area contributed by atoms with E-state index in [4.69, 9.17) is 11.6 Å². The fourth-order valence-electron chi connectivity index (χ4n) is 2.23. The lowest BCUT2D eigenvalue weighted by Gasteiger charge is -2.11. The molecule has 0 saturated carbocycles. The topological polar surface area (TPSA) is 17.8 Å². The first-order valence-electron chi connectivity index (χ1n) is 6.25. The molecule has 0 fully saturated rings. The van der Waals surface area contributed by atoms with Crippen LogP contribution in [-0.2, 0) is 0 Å². The Bertz CT molecular complexity index is 830. The first-order valence-corrected chi connectivity index (χ1v) is 7.47. The Balaban J connectivity index is 2.35. The van der Waals surface area contributed by atoms with Gasteiger partial charge in [0.1, 0.15) is 5.82 Å². The predicted molar refractivity (Wildman–Crippen MR) is 83.0 cm³/mol. The third-order valence-corrected chi connectivity index (χ3v) is 3.85. The van der Waals surface area contributed by atoms with Crippen molar-refractivity contribution in [2.45, 2.75) is 12.3 Å². The molecule has 2 aromatic carbocycles. The molecule has 21 heavy (non-hydrogen) atoms. The van der Waals surface area contributed by atoms with Gasteiger partial charge in [0, 0.05) is 10.5 Å². The highest BCUT2D eigenvalue weighted by atomic mass is 79.9. The highest BCUT2D eigenvalue weighted by molar-refractivity contribution is 9.10. The molecule has 0 spiro atoms. The zero-order valence-electron chi connectivity index (χ0n) is 10.9. The Hall–Kier alpha value is -1.46. The zero-order chi connectivity index (χ0) is 15.1. The van der Waals surface area contributed by atoms with Crippen LogP contribution in [0.15, 0.2) is 40.9 Å². The molecule has 0 aliphatic rings. The van der Waals surface area contributed by atoms with E-state index in [2.05, 4.69) is 20.9 Å². The van der Waals surface area contributed by atoms with E-state index in [0.29, 0.717) is 11.5 Å². The minimum atomic E-state index is -0.905. The van der Waals surface area contributed by atoms with Crippen LogP contribution in [0, 0.1) is 11.6 Å².